The third-order valence-corrected chi connectivity index (χ3v) is 4.01. The second-order valence-corrected chi connectivity index (χ2v) is 5.04. The van der Waals surface area contributed by atoms with Crippen LogP contribution in [0.5, 0.6) is 5.75 Å². The van der Waals surface area contributed by atoms with Crippen LogP contribution in [0, 0.1) is 5.92 Å². The molecule has 2 N–H and O–H groups in total. The lowest BCUT2D eigenvalue weighted by Gasteiger charge is -2.19. The average Bonchev–Trinajstić information content (AvgIpc) is 2.98. The molecule has 1 fully saturated rings. The van der Waals surface area contributed by atoms with Gasteiger partial charge in [0.05, 0.1) is 6.61 Å². The Morgan fingerprint density at radius 3 is 2.76 bits per heavy atom. The standard InChI is InChI=1S/C14H19NO.ClH/c15-14(10-3-1-2-4-10)12-5-6-13-11(9-12)7-8-16-13;/h5-6,9-10,14H,1-4,7-8,15H2;1H/t14-;/m1./s1. The minimum Gasteiger partial charge on any atom is -0.493 e. The Kier molecular flexibility index (Phi) is 3.95. The van der Waals surface area contributed by atoms with E-state index < -0.39 is 0 Å². The van der Waals surface area contributed by atoms with Gasteiger partial charge in [-0.15, -0.1) is 12.4 Å². The molecule has 1 heterocycles. The third-order valence-electron chi connectivity index (χ3n) is 4.01. The number of hydrogen-bond donors (Lipinski definition) is 1. The summed E-state index contributed by atoms with van der Waals surface area (Å²) in [6.45, 7) is 0.831. The lowest BCUT2D eigenvalue weighted by Crippen LogP contribution is -2.19. The quantitative estimate of drug-likeness (QED) is 0.878. The van der Waals surface area contributed by atoms with Crippen LogP contribution in [0.3, 0.4) is 0 Å². The molecule has 0 saturated heterocycles. The molecule has 0 aromatic heterocycles. The zero-order valence-corrected chi connectivity index (χ0v) is 10.8. The smallest absolute Gasteiger partial charge is 0.122 e. The van der Waals surface area contributed by atoms with E-state index in [0.29, 0.717) is 5.92 Å². The molecule has 1 saturated carbocycles. The monoisotopic (exact) mass is 253 g/mol. The van der Waals surface area contributed by atoms with Gasteiger partial charge < -0.3 is 10.5 Å². The van der Waals surface area contributed by atoms with Crippen molar-refractivity contribution in [2.75, 3.05) is 6.61 Å². The van der Waals surface area contributed by atoms with Gasteiger partial charge >= 0.3 is 0 Å². The van der Waals surface area contributed by atoms with Gasteiger partial charge in [-0.3, -0.25) is 0 Å². The first kappa shape index (κ1) is 12.7. The van der Waals surface area contributed by atoms with Gasteiger partial charge in [-0.2, -0.15) is 0 Å². The molecule has 94 valence electrons. The highest BCUT2D eigenvalue weighted by Crippen LogP contribution is 2.36. The molecular formula is C14H20ClNO. The van der Waals surface area contributed by atoms with E-state index in [1.54, 1.807) is 0 Å². The maximum Gasteiger partial charge on any atom is 0.122 e. The summed E-state index contributed by atoms with van der Waals surface area (Å²) in [6.07, 6.45) is 6.35. The molecule has 1 aromatic rings. The number of nitrogens with two attached hydrogens (primary N) is 1. The van der Waals surface area contributed by atoms with Crippen molar-refractivity contribution in [1.29, 1.82) is 0 Å². The molecular weight excluding hydrogens is 234 g/mol. The van der Waals surface area contributed by atoms with Crippen LogP contribution < -0.4 is 10.5 Å². The van der Waals surface area contributed by atoms with Crippen molar-refractivity contribution in [3.8, 4) is 5.75 Å². The number of fused-ring (bicyclic) bond motifs is 1. The van der Waals surface area contributed by atoms with Gasteiger partial charge in [-0.1, -0.05) is 25.0 Å². The Bertz CT molecular complexity index is 388. The lowest BCUT2D eigenvalue weighted by molar-refractivity contribution is 0.356. The van der Waals surface area contributed by atoms with E-state index in [-0.39, 0.29) is 18.4 Å². The molecule has 0 unspecified atom stereocenters. The van der Waals surface area contributed by atoms with E-state index in [0.717, 1.165) is 18.8 Å². The van der Waals surface area contributed by atoms with Crippen LogP contribution in [0.4, 0.5) is 0 Å². The van der Waals surface area contributed by atoms with Gasteiger partial charge in [0.2, 0.25) is 0 Å². The molecule has 1 aliphatic heterocycles. The summed E-state index contributed by atoms with van der Waals surface area (Å²) in [5.74, 6) is 1.75. The first-order valence-corrected chi connectivity index (χ1v) is 6.36. The van der Waals surface area contributed by atoms with Crippen molar-refractivity contribution < 1.29 is 4.74 Å². The van der Waals surface area contributed by atoms with Crippen molar-refractivity contribution >= 4 is 12.4 Å². The molecule has 3 heteroatoms. The van der Waals surface area contributed by atoms with Crippen LogP contribution >= 0.6 is 12.4 Å². The summed E-state index contributed by atoms with van der Waals surface area (Å²) < 4.78 is 5.52. The second-order valence-electron chi connectivity index (χ2n) is 5.04. The fraction of sp³-hybridized carbons (Fsp3) is 0.571. The predicted molar refractivity (Wildman–Crippen MR) is 71.8 cm³/mol. The average molecular weight is 254 g/mol. The Balaban J connectivity index is 0.00000108. The minimum absolute atomic E-state index is 0. The second kappa shape index (κ2) is 5.28. The van der Waals surface area contributed by atoms with E-state index >= 15 is 0 Å². The highest BCUT2D eigenvalue weighted by Gasteiger charge is 2.24. The summed E-state index contributed by atoms with van der Waals surface area (Å²) in [6, 6.07) is 6.72. The van der Waals surface area contributed by atoms with Crippen LogP contribution in [0.25, 0.3) is 0 Å². The van der Waals surface area contributed by atoms with Gasteiger partial charge in [-0.25, -0.2) is 0 Å². The van der Waals surface area contributed by atoms with E-state index in [1.165, 1.54) is 36.8 Å². The van der Waals surface area contributed by atoms with E-state index in [9.17, 15) is 0 Å². The van der Waals surface area contributed by atoms with Crippen LogP contribution in [0.1, 0.15) is 42.9 Å². The summed E-state index contributed by atoms with van der Waals surface area (Å²) in [5.41, 5.74) is 8.99. The number of ether oxygens (including phenoxy) is 1. The Morgan fingerprint density at radius 2 is 2.00 bits per heavy atom. The van der Waals surface area contributed by atoms with Gasteiger partial charge in [0.15, 0.2) is 0 Å². The van der Waals surface area contributed by atoms with E-state index in [2.05, 4.69) is 18.2 Å². The van der Waals surface area contributed by atoms with Crippen LogP contribution in [0.2, 0.25) is 0 Å². The molecule has 17 heavy (non-hydrogen) atoms. The zero-order chi connectivity index (χ0) is 11.0. The number of hydrogen-bond acceptors (Lipinski definition) is 2. The molecule has 0 spiro atoms. The van der Waals surface area contributed by atoms with Crippen LogP contribution in [-0.2, 0) is 6.42 Å². The van der Waals surface area contributed by atoms with Crippen molar-refractivity contribution in [3.05, 3.63) is 29.3 Å². The van der Waals surface area contributed by atoms with Gasteiger partial charge in [0.1, 0.15) is 5.75 Å². The topological polar surface area (TPSA) is 35.2 Å². The number of rotatable bonds is 2. The maximum absolute atomic E-state index is 6.35. The van der Waals surface area contributed by atoms with Gasteiger partial charge in [0, 0.05) is 12.5 Å². The molecule has 1 aromatic carbocycles. The number of halogens is 1. The van der Waals surface area contributed by atoms with E-state index in [4.69, 9.17) is 10.5 Å². The molecule has 1 aliphatic carbocycles. The number of benzene rings is 1. The Morgan fingerprint density at radius 1 is 1.24 bits per heavy atom. The SMILES string of the molecule is Cl.N[C@@H](c1ccc2c(c1)CCO2)C1CCCC1. The maximum atomic E-state index is 6.35. The molecule has 2 nitrogen and oxygen atoms in total. The zero-order valence-electron chi connectivity index (χ0n) is 10.0. The van der Waals surface area contributed by atoms with Gasteiger partial charge in [-0.05, 0) is 36.0 Å². The normalized spacial score (nSPS) is 20.5. The molecule has 0 amide bonds. The Hall–Kier alpha value is -0.730. The summed E-state index contributed by atoms with van der Waals surface area (Å²) >= 11 is 0. The van der Waals surface area contributed by atoms with Crippen LogP contribution in [0.15, 0.2) is 18.2 Å². The highest BCUT2D eigenvalue weighted by atomic mass is 35.5. The fourth-order valence-corrected chi connectivity index (χ4v) is 3.00. The first-order chi connectivity index (χ1) is 7.84. The summed E-state index contributed by atoms with van der Waals surface area (Å²) in [4.78, 5) is 0. The molecule has 2 aliphatic rings. The lowest BCUT2D eigenvalue weighted by atomic mass is 9.91. The van der Waals surface area contributed by atoms with Crippen molar-refractivity contribution in [1.82, 2.24) is 0 Å². The fourth-order valence-electron chi connectivity index (χ4n) is 3.00. The van der Waals surface area contributed by atoms with Crippen LogP contribution in [-0.4, -0.2) is 6.61 Å². The molecule has 1 atom stereocenters. The van der Waals surface area contributed by atoms with Crippen molar-refractivity contribution in [2.24, 2.45) is 11.7 Å². The molecule has 0 radical (unpaired) electrons. The van der Waals surface area contributed by atoms with Gasteiger partial charge in [0.25, 0.3) is 0 Å². The van der Waals surface area contributed by atoms with E-state index in [1.807, 2.05) is 0 Å². The van der Waals surface area contributed by atoms with Crippen molar-refractivity contribution in [3.63, 3.8) is 0 Å². The highest BCUT2D eigenvalue weighted by molar-refractivity contribution is 5.85. The molecule has 0 bridgehead atoms. The third kappa shape index (κ3) is 2.43. The largest absolute Gasteiger partial charge is 0.493 e. The van der Waals surface area contributed by atoms with Crippen molar-refractivity contribution in [2.45, 2.75) is 38.1 Å². The summed E-state index contributed by atoms with van der Waals surface area (Å²) in [5, 5.41) is 0. The summed E-state index contributed by atoms with van der Waals surface area (Å²) in [7, 11) is 0. The minimum atomic E-state index is 0. The molecule has 3 rings (SSSR count). The predicted octanol–water partition coefficient (Wildman–Crippen LogP) is 3.23. The Labute approximate surface area is 109 Å². The first-order valence-electron chi connectivity index (χ1n) is 6.36.